The van der Waals surface area contributed by atoms with E-state index in [0.29, 0.717) is 19.3 Å². The molecule has 0 amide bonds. The Morgan fingerprint density at radius 1 is 0.513 bits per heavy atom. The normalized spacial score (nSPS) is 40.7. The molecule has 5 aliphatic heterocycles. The maximum absolute atomic E-state index is 13.9. The second-order valence-corrected chi connectivity index (χ2v) is 21.4. The molecule has 25 nitrogen and oxygen atoms in total. The van der Waals surface area contributed by atoms with Gasteiger partial charge in [0.15, 0.2) is 49.4 Å². The van der Waals surface area contributed by atoms with Crippen LogP contribution in [0.15, 0.2) is 45.7 Å². The first-order chi connectivity index (χ1) is 37.3. The predicted molar refractivity (Wildman–Crippen MR) is 276 cm³/mol. The Morgan fingerprint density at radius 2 is 0.974 bits per heavy atom. The van der Waals surface area contributed by atoms with E-state index in [9.17, 15) is 35.8 Å². The summed E-state index contributed by atoms with van der Waals surface area (Å²) in [7, 11) is 1.47. The largest absolute Gasteiger partial charge is 0.457 e. The van der Waals surface area contributed by atoms with Crippen LogP contribution < -0.4 is 0 Å². The summed E-state index contributed by atoms with van der Waals surface area (Å²) in [5, 5.41) is 12.2. The van der Waals surface area contributed by atoms with Crippen molar-refractivity contribution in [2.75, 3.05) is 7.11 Å². The van der Waals surface area contributed by atoms with Crippen LogP contribution in [0.25, 0.3) is 31.3 Å². The molecule has 1 aromatic carbocycles. The van der Waals surface area contributed by atoms with E-state index in [1.807, 2.05) is 48.5 Å². The molecule has 0 saturated carbocycles. The number of Topliss-reactive ketones (excluding diaryl/α,β-unsaturated/α-hetero) is 2. The van der Waals surface area contributed by atoms with E-state index in [0.717, 1.165) is 0 Å². The first kappa shape index (κ1) is 62.2. The summed E-state index contributed by atoms with van der Waals surface area (Å²) < 4.78 is 77.5. The Labute approximate surface area is 455 Å². The number of methoxy groups -OCH3 is 1. The van der Waals surface area contributed by atoms with Gasteiger partial charge in [0.2, 0.25) is 0 Å². The molecule has 0 bridgehead atoms. The third-order valence-electron chi connectivity index (χ3n) is 16.3. The maximum Gasteiger partial charge on any atom is 0.338 e. The molecule has 432 valence electrons. The van der Waals surface area contributed by atoms with Crippen molar-refractivity contribution < 1.29 is 76.0 Å². The van der Waals surface area contributed by atoms with Gasteiger partial charge < -0.3 is 61.6 Å². The second-order valence-electron chi connectivity index (χ2n) is 21.4. The van der Waals surface area contributed by atoms with Crippen LogP contribution in [-0.4, -0.2) is 147 Å². The van der Waals surface area contributed by atoms with Gasteiger partial charge in [-0.1, -0.05) is 95.9 Å². The number of nitrogens with zero attached hydrogens (tertiary/aromatic N) is 9. The first-order valence-electron chi connectivity index (χ1n) is 27.3. The molecule has 0 radical (unpaired) electrons. The van der Waals surface area contributed by atoms with Crippen LogP contribution in [0.4, 0.5) is 0 Å². The van der Waals surface area contributed by atoms with Crippen LogP contribution in [0.2, 0.25) is 0 Å². The van der Waals surface area contributed by atoms with Crippen molar-refractivity contribution >= 4 is 23.5 Å². The molecule has 25 heteroatoms. The number of carbonyl (C=O) groups is 4. The van der Waals surface area contributed by atoms with Gasteiger partial charge >= 0.3 is 11.9 Å². The third-order valence-corrected chi connectivity index (χ3v) is 16.3. The summed E-state index contributed by atoms with van der Waals surface area (Å²) in [5.74, 6) is -4.82. The average molecular weight is 1100 g/mol. The van der Waals surface area contributed by atoms with E-state index >= 15 is 0 Å². The molecule has 78 heavy (non-hydrogen) atoms. The molecule has 0 N–H and O–H groups in total. The minimum absolute atomic E-state index is 0.00971. The smallest absolute Gasteiger partial charge is 0.338 e. The zero-order valence-corrected chi connectivity index (χ0v) is 46.9. The summed E-state index contributed by atoms with van der Waals surface area (Å²) >= 11 is 0. The highest BCUT2D eigenvalue weighted by molar-refractivity contribution is 5.89. The van der Waals surface area contributed by atoms with Gasteiger partial charge in [-0.2, -0.15) is 0 Å². The zero-order chi connectivity index (χ0) is 57.1. The van der Waals surface area contributed by atoms with Crippen LogP contribution in [0.3, 0.4) is 0 Å². The highest BCUT2D eigenvalue weighted by atomic mass is 16.8. The number of carbonyl (C=O) groups excluding carboxylic acids is 4. The van der Waals surface area contributed by atoms with Crippen molar-refractivity contribution in [1.82, 2.24) is 0 Å². The van der Waals surface area contributed by atoms with Crippen LogP contribution in [0, 0.1) is 35.5 Å². The summed E-state index contributed by atoms with van der Waals surface area (Å²) in [4.78, 5) is 62.4. The second kappa shape index (κ2) is 28.4. The minimum Gasteiger partial charge on any atom is -0.457 e. The van der Waals surface area contributed by atoms with Gasteiger partial charge in [-0.05, 0) is 92.4 Å². The van der Waals surface area contributed by atoms with E-state index in [1.165, 1.54) is 21.0 Å². The van der Waals surface area contributed by atoms with Crippen molar-refractivity contribution in [2.24, 2.45) is 50.9 Å². The van der Waals surface area contributed by atoms with Crippen molar-refractivity contribution in [3.8, 4) is 0 Å². The lowest BCUT2D eigenvalue weighted by Gasteiger charge is -2.51. The lowest BCUT2D eigenvalue weighted by atomic mass is 9.81. The maximum atomic E-state index is 13.9. The highest BCUT2D eigenvalue weighted by Crippen LogP contribution is 2.43. The van der Waals surface area contributed by atoms with Gasteiger partial charge in [-0.3, -0.25) is 9.59 Å². The molecule has 25 atom stereocenters. The lowest BCUT2D eigenvalue weighted by Crippen LogP contribution is -2.64. The van der Waals surface area contributed by atoms with Gasteiger partial charge in [-0.25, -0.2) is 4.79 Å². The summed E-state index contributed by atoms with van der Waals surface area (Å²) in [6.07, 6.45) is -14.2. The first-order valence-corrected chi connectivity index (χ1v) is 27.3. The van der Waals surface area contributed by atoms with Crippen LogP contribution >= 0.6 is 0 Å². The quantitative estimate of drug-likeness (QED) is 0.0452. The Bertz CT molecular complexity index is 2340. The standard InChI is InChI=1S/C53H79N9O16/c1-14-34-25(5)26(6)38(57-60-54)50(69-34)77-44-30(10)45(72-37(65)23-22-24(4)63)53(78-47(44)31(11)64)76-43-28(8)40(59-62-56)51(71-36(43)16-3)74-41-29(9)46(73-48(66)33-20-18-17-19-21-33)52(68-32(41)12)75-42-27(7)39(58-61-55)49(67-13)70-35(42)15-2/h17-21,25-30,32,34-36,38-47,49-53H,14-16,22-23H2,1-13H3/t25-,26-,27+,28+,29-,30-,32?,34?,35?,36?,38?,39?,40?,41-,42-,43-,44-,45?,46?,47?,49-,50+,51+,52+,53+/m0/s1. The molecule has 5 saturated heterocycles. The lowest BCUT2D eigenvalue weighted by molar-refractivity contribution is -0.361. The van der Waals surface area contributed by atoms with Crippen LogP contribution in [0.5, 0.6) is 0 Å². The van der Waals surface area contributed by atoms with Gasteiger partial charge in [0.05, 0.1) is 72.8 Å². The monoisotopic (exact) mass is 1100 g/mol. The number of azide groups is 3. The Kier molecular flexibility index (Phi) is 22.7. The van der Waals surface area contributed by atoms with E-state index in [2.05, 4.69) is 30.1 Å². The van der Waals surface area contributed by atoms with E-state index in [-0.39, 0.29) is 42.1 Å². The predicted octanol–water partition coefficient (Wildman–Crippen LogP) is 9.00. The summed E-state index contributed by atoms with van der Waals surface area (Å²) in [6, 6.07) is 5.83. The highest BCUT2D eigenvalue weighted by Gasteiger charge is 2.56. The number of hydrogen-bond donors (Lipinski definition) is 0. The van der Waals surface area contributed by atoms with E-state index < -0.39 is 152 Å². The van der Waals surface area contributed by atoms with Crippen molar-refractivity contribution in [3.05, 3.63) is 67.2 Å². The number of esters is 2. The molecule has 5 heterocycles. The van der Waals surface area contributed by atoms with Crippen molar-refractivity contribution in [2.45, 2.75) is 232 Å². The molecule has 10 unspecified atom stereocenters. The van der Waals surface area contributed by atoms with E-state index in [1.54, 1.807) is 51.1 Å². The van der Waals surface area contributed by atoms with Gasteiger partial charge in [0.25, 0.3) is 0 Å². The molecule has 1 aromatic rings. The number of ketones is 2. The minimum atomic E-state index is -1.43. The van der Waals surface area contributed by atoms with Gasteiger partial charge in [0, 0.05) is 40.1 Å². The number of ether oxygens (including phenoxy) is 12. The van der Waals surface area contributed by atoms with Crippen molar-refractivity contribution in [1.29, 1.82) is 0 Å². The Balaban J connectivity index is 1.28. The fourth-order valence-electron chi connectivity index (χ4n) is 11.5. The SMILES string of the molecule is CCC1O[C@H](O[C@@H]2C(C(C)=O)O[C@@H](O[C@@H]3C(CC)O[C@H](O[C@@H]4C(C)O[C@H](O[C@@H]5C(CC)O[C@H](OC)C(N=[N+]=[N-])[C@H]5C)C(OC(=O)c5ccccc5)[C@H]4C)C(N=[N+]=[N-])[C@H]3C)C(OC(=O)CCC(C)=O)[C@H]2C)C(N=[N+]=[N-])[C@@H](C)[C@@H]1C. The number of hydrogen-bond acceptors (Lipinski definition) is 19. The summed E-state index contributed by atoms with van der Waals surface area (Å²) in [5.41, 5.74) is 29.4. The molecule has 0 aliphatic carbocycles. The molecule has 0 spiro atoms. The van der Waals surface area contributed by atoms with Crippen LogP contribution in [0.1, 0.15) is 126 Å². The molecular weight excluding hydrogens is 1020 g/mol. The number of rotatable bonds is 22. The average Bonchev–Trinajstić information content (AvgIpc) is 3.48. The molecule has 5 fully saturated rings. The Hall–Kier alpha value is -4.97. The number of benzene rings is 1. The fraction of sp³-hybridized carbons (Fsp3) is 0.811. The molecule has 0 aromatic heterocycles. The molecule has 6 rings (SSSR count). The summed E-state index contributed by atoms with van der Waals surface area (Å²) in [6.45, 7) is 21.4. The van der Waals surface area contributed by atoms with Crippen LogP contribution in [-0.2, 0) is 71.2 Å². The molecule has 5 aliphatic rings. The zero-order valence-electron chi connectivity index (χ0n) is 46.9. The van der Waals surface area contributed by atoms with Crippen molar-refractivity contribution in [3.63, 3.8) is 0 Å². The third kappa shape index (κ3) is 14.1. The fourth-order valence-corrected chi connectivity index (χ4v) is 11.5. The van der Waals surface area contributed by atoms with Gasteiger partial charge in [-0.15, -0.1) is 0 Å². The topological polar surface area (TPSA) is 325 Å². The Morgan fingerprint density at radius 3 is 1.49 bits per heavy atom. The van der Waals surface area contributed by atoms with E-state index in [4.69, 9.17) is 56.8 Å². The van der Waals surface area contributed by atoms with Gasteiger partial charge in [0.1, 0.15) is 18.0 Å². The molecular formula is C53H79N9O16.